The number of carboxylic acids is 1. The lowest BCUT2D eigenvalue weighted by Crippen LogP contribution is -2.51. The number of nitrogens with zero attached hydrogens (tertiary/aromatic N) is 2. The van der Waals surface area contributed by atoms with Gasteiger partial charge in [0.05, 0.1) is 11.6 Å². The summed E-state index contributed by atoms with van der Waals surface area (Å²) in [4.78, 5) is 38.3. The number of amides is 2. The lowest BCUT2D eigenvalue weighted by molar-refractivity contribution is -0.142. The molecule has 3 rings (SSSR count). The Morgan fingerprint density at radius 2 is 1.84 bits per heavy atom. The molecule has 0 spiro atoms. The lowest BCUT2D eigenvalue weighted by atomic mass is 10.0. The van der Waals surface area contributed by atoms with E-state index in [9.17, 15) is 19.5 Å². The van der Waals surface area contributed by atoms with E-state index in [2.05, 4.69) is 5.32 Å². The molecule has 1 saturated heterocycles. The maximum atomic E-state index is 12.8. The zero-order valence-corrected chi connectivity index (χ0v) is 16.9. The summed E-state index contributed by atoms with van der Waals surface area (Å²) in [6, 6.07) is 15.8. The van der Waals surface area contributed by atoms with Gasteiger partial charge in [0, 0.05) is 13.0 Å². The van der Waals surface area contributed by atoms with E-state index in [1.54, 1.807) is 24.3 Å². The summed E-state index contributed by atoms with van der Waals surface area (Å²) < 4.78 is 5.33. The monoisotopic (exact) mass is 421 g/mol. The second-order valence-corrected chi connectivity index (χ2v) is 7.30. The number of rotatable bonds is 7. The Kier molecular flexibility index (Phi) is 7.22. The number of carbonyl (C=O) groups is 3. The first-order valence-corrected chi connectivity index (χ1v) is 9.97. The predicted octanol–water partition coefficient (Wildman–Crippen LogP) is 2.47. The maximum Gasteiger partial charge on any atom is 0.410 e. The fourth-order valence-electron chi connectivity index (χ4n) is 3.48. The fourth-order valence-corrected chi connectivity index (χ4v) is 3.48. The van der Waals surface area contributed by atoms with Crippen molar-refractivity contribution in [2.24, 2.45) is 0 Å². The van der Waals surface area contributed by atoms with Crippen LogP contribution < -0.4 is 5.32 Å². The quantitative estimate of drug-likeness (QED) is 0.709. The zero-order valence-electron chi connectivity index (χ0n) is 16.9. The van der Waals surface area contributed by atoms with Crippen molar-refractivity contribution in [1.82, 2.24) is 10.2 Å². The standard InChI is InChI=1S/C23H23N3O5/c24-14-17-10-8-16(9-11-17)13-19(22(28)29)25-21(27)20-7-4-12-26(20)23(30)31-15-18-5-2-1-3-6-18/h1-3,5-6,8-11,19-20H,4,7,12-13,15H2,(H,25,27)(H,28,29)/t19-,20-/m1/s1. The number of ether oxygens (including phenoxy) is 1. The maximum absolute atomic E-state index is 12.8. The van der Waals surface area contributed by atoms with Crippen LogP contribution in [0.4, 0.5) is 4.79 Å². The Balaban J connectivity index is 1.60. The van der Waals surface area contributed by atoms with Crippen LogP contribution in [0.3, 0.4) is 0 Å². The summed E-state index contributed by atoms with van der Waals surface area (Å²) in [6.07, 6.45) is 0.541. The minimum atomic E-state index is -1.17. The highest BCUT2D eigenvalue weighted by Gasteiger charge is 2.36. The number of hydrogen-bond donors (Lipinski definition) is 2. The summed E-state index contributed by atoms with van der Waals surface area (Å²) in [5.41, 5.74) is 1.98. The van der Waals surface area contributed by atoms with Gasteiger partial charge in [0.15, 0.2) is 0 Å². The van der Waals surface area contributed by atoms with Gasteiger partial charge in [-0.3, -0.25) is 9.69 Å². The number of nitrogens with one attached hydrogen (secondary N) is 1. The molecule has 8 heteroatoms. The number of benzene rings is 2. The predicted molar refractivity (Wildman–Crippen MR) is 111 cm³/mol. The van der Waals surface area contributed by atoms with Crippen molar-refractivity contribution in [3.8, 4) is 6.07 Å². The topological polar surface area (TPSA) is 120 Å². The molecule has 2 aromatic carbocycles. The normalized spacial score (nSPS) is 16.2. The van der Waals surface area contributed by atoms with E-state index in [1.807, 2.05) is 36.4 Å². The molecule has 31 heavy (non-hydrogen) atoms. The summed E-state index contributed by atoms with van der Waals surface area (Å²) in [5, 5.41) is 20.9. The van der Waals surface area contributed by atoms with Gasteiger partial charge in [0.25, 0.3) is 0 Å². The first kappa shape index (κ1) is 21.8. The molecule has 0 radical (unpaired) electrons. The number of carbonyl (C=O) groups excluding carboxylic acids is 2. The molecule has 160 valence electrons. The highest BCUT2D eigenvalue weighted by atomic mass is 16.6. The summed E-state index contributed by atoms with van der Waals surface area (Å²) in [6.45, 7) is 0.472. The summed E-state index contributed by atoms with van der Waals surface area (Å²) >= 11 is 0. The first-order valence-electron chi connectivity index (χ1n) is 9.97. The molecule has 0 aromatic heterocycles. The van der Waals surface area contributed by atoms with Gasteiger partial charge < -0.3 is 15.2 Å². The Hall–Kier alpha value is -3.86. The van der Waals surface area contributed by atoms with Crippen LogP contribution in [0.1, 0.15) is 29.5 Å². The molecule has 1 aliphatic rings. The number of nitriles is 1. The second kappa shape index (κ2) is 10.3. The van der Waals surface area contributed by atoms with Crippen LogP contribution >= 0.6 is 0 Å². The third-order valence-corrected chi connectivity index (χ3v) is 5.13. The summed E-state index contributed by atoms with van der Waals surface area (Å²) in [7, 11) is 0. The molecule has 0 saturated carbocycles. The van der Waals surface area contributed by atoms with Gasteiger partial charge in [-0.2, -0.15) is 5.26 Å². The van der Waals surface area contributed by atoms with Crippen LogP contribution in [0.15, 0.2) is 54.6 Å². The molecular formula is C23H23N3O5. The average Bonchev–Trinajstić information content (AvgIpc) is 3.28. The van der Waals surface area contributed by atoms with E-state index in [0.717, 1.165) is 5.56 Å². The lowest BCUT2D eigenvalue weighted by Gasteiger charge is -2.25. The number of carboxylic acid groups (broad SMARTS) is 1. The molecule has 1 aliphatic heterocycles. The van der Waals surface area contributed by atoms with Gasteiger partial charge in [-0.1, -0.05) is 42.5 Å². The molecule has 2 atom stereocenters. The molecule has 1 heterocycles. The largest absolute Gasteiger partial charge is 0.480 e. The molecule has 8 nitrogen and oxygen atoms in total. The summed E-state index contributed by atoms with van der Waals surface area (Å²) in [5.74, 6) is -1.69. The molecule has 2 amide bonds. The van der Waals surface area contributed by atoms with E-state index in [4.69, 9.17) is 10.00 Å². The van der Waals surface area contributed by atoms with Gasteiger partial charge >= 0.3 is 12.1 Å². The van der Waals surface area contributed by atoms with Gasteiger partial charge in [-0.15, -0.1) is 0 Å². The van der Waals surface area contributed by atoms with E-state index in [-0.39, 0.29) is 13.0 Å². The van der Waals surface area contributed by atoms with Crippen LogP contribution in [-0.4, -0.2) is 46.6 Å². The second-order valence-electron chi connectivity index (χ2n) is 7.30. The Morgan fingerprint density at radius 1 is 1.13 bits per heavy atom. The van der Waals surface area contributed by atoms with E-state index in [0.29, 0.717) is 30.5 Å². The number of likely N-dealkylation sites (tertiary alicyclic amines) is 1. The average molecular weight is 421 g/mol. The molecule has 0 aliphatic carbocycles. The minimum Gasteiger partial charge on any atom is -0.480 e. The first-order chi connectivity index (χ1) is 15.0. The van der Waals surface area contributed by atoms with Crippen LogP contribution in [-0.2, 0) is 27.4 Å². The zero-order chi connectivity index (χ0) is 22.2. The van der Waals surface area contributed by atoms with Crippen molar-refractivity contribution in [2.75, 3.05) is 6.54 Å². The van der Waals surface area contributed by atoms with Crippen molar-refractivity contribution in [2.45, 2.75) is 38.0 Å². The fraction of sp³-hybridized carbons (Fsp3) is 0.304. The SMILES string of the molecule is N#Cc1ccc(C[C@@H](NC(=O)[C@H]2CCCN2C(=O)OCc2ccccc2)C(=O)O)cc1. The Labute approximate surface area is 180 Å². The molecular weight excluding hydrogens is 398 g/mol. The minimum absolute atomic E-state index is 0.0674. The van der Waals surface area contributed by atoms with Crippen LogP contribution in [0.25, 0.3) is 0 Å². The Morgan fingerprint density at radius 3 is 2.48 bits per heavy atom. The highest BCUT2D eigenvalue weighted by Crippen LogP contribution is 2.19. The van der Waals surface area contributed by atoms with Gasteiger partial charge in [0.1, 0.15) is 18.7 Å². The van der Waals surface area contributed by atoms with E-state index >= 15 is 0 Å². The van der Waals surface area contributed by atoms with Crippen molar-refractivity contribution < 1.29 is 24.2 Å². The molecule has 0 unspecified atom stereocenters. The number of hydrogen-bond acceptors (Lipinski definition) is 5. The van der Waals surface area contributed by atoms with Crippen molar-refractivity contribution in [3.05, 3.63) is 71.3 Å². The van der Waals surface area contributed by atoms with E-state index in [1.165, 1.54) is 4.90 Å². The van der Waals surface area contributed by atoms with Gasteiger partial charge in [0.2, 0.25) is 5.91 Å². The third-order valence-electron chi connectivity index (χ3n) is 5.13. The molecule has 1 fully saturated rings. The van der Waals surface area contributed by atoms with Crippen molar-refractivity contribution >= 4 is 18.0 Å². The molecule has 2 aromatic rings. The smallest absolute Gasteiger partial charge is 0.410 e. The van der Waals surface area contributed by atoms with E-state index < -0.39 is 30.1 Å². The highest BCUT2D eigenvalue weighted by molar-refractivity contribution is 5.89. The third kappa shape index (κ3) is 5.82. The van der Waals surface area contributed by atoms with Gasteiger partial charge in [-0.25, -0.2) is 9.59 Å². The van der Waals surface area contributed by atoms with Gasteiger partial charge in [-0.05, 0) is 36.1 Å². The Bertz CT molecular complexity index is 969. The molecule has 2 N–H and O–H groups in total. The number of aliphatic carboxylic acids is 1. The molecule has 0 bridgehead atoms. The van der Waals surface area contributed by atoms with Crippen LogP contribution in [0.5, 0.6) is 0 Å². The van der Waals surface area contributed by atoms with Crippen molar-refractivity contribution in [3.63, 3.8) is 0 Å². The van der Waals surface area contributed by atoms with Crippen LogP contribution in [0, 0.1) is 11.3 Å². The van der Waals surface area contributed by atoms with Crippen molar-refractivity contribution in [1.29, 1.82) is 5.26 Å². The van der Waals surface area contributed by atoms with Crippen LogP contribution in [0.2, 0.25) is 0 Å².